The lowest BCUT2D eigenvalue weighted by Crippen LogP contribution is -2.44. The number of carbonyl (C=O) groups is 1. The summed E-state index contributed by atoms with van der Waals surface area (Å²) >= 11 is 6.16. The summed E-state index contributed by atoms with van der Waals surface area (Å²) in [5.74, 6) is -1.06. The second kappa shape index (κ2) is 8.92. The molecule has 3 unspecified atom stereocenters. The van der Waals surface area contributed by atoms with Crippen LogP contribution < -0.4 is 5.32 Å². The minimum atomic E-state index is -1.31. The van der Waals surface area contributed by atoms with Crippen LogP contribution in [0.5, 0.6) is 0 Å². The quantitative estimate of drug-likeness (QED) is 0.524. The van der Waals surface area contributed by atoms with Crippen molar-refractivity contribution in [3.8, 4) is 0 Å². The molecule has 2 aliphatic heterocycles. The van der Waals surface area contributed by atoms with Crippen LogP contribution in [0.15, 0.2) is 12.1 Å². The van der Waals surface area contributed by atoms with Crippen molar-refractivity contribution in [2.24, 2.45) is 11.8 Å². The van der Waals surface area contributed by atoms with Crippen LogP contribution >= 0.6 is 11.6 Å². The molecule has 1 fully saturated rings. The molecule has 27 heavy (non-hydrogen) atoms. The first kappa shape index (κ1) is 20.6. The van der Waals surface area contributed by atoms with E-state index in [-0.39, 0.29) is 11.8 Å². The minimum Gasteiger partial charge on any atom is -0.481 e. The van der Waals surface area contributed by atoms with Crippen LogP contribution in [0.1, 0.15) is 29.5 Å². The van der Waals surface area contributed by atoms with E-state index in [1.54, 1.807) is 0 Å². The summed E-state index contributed by atoms with van der Waals surface area (Å²) in [6.45, 7) is 5.02. The molecule has 1 aromatic carbocycles. The van der Waals surface area contributed by atoms with Gasteiger partial charge < -0.3 is 25.4 Å². The van der Waals surface area contributed by atoms with Gasteiger partial charge in [0, 0.05) is 37.2 Å². The Bertz CT molecular complexity index is 688. The van der Waals surface area contributed by atoms with E-state index in [1.165, 1.54) is 16.7 Å². The number of halogens is 1. The zero-order valence-electron chi connectivity index (χ0n) is 15.7. The Morgan fingerprint density at radius 1 is 1.37 bits per heavy atom. The molecule has 4 N–H and O–H groups in total. The Labute approximate surface area is 165 Å². The highest BCUT2D eigenvalue weighted by atomic mass is 35.5. The molecule has 6 nitrogen and oxygen atoms in total. The number of nitrogens with one attached hydrogen (secondary N) is 1. The van der Waals surface area contributed by atoms with Gasteiger partial charge in [-0.1, -0.05) is 18.0 Å². The lowest BCUT2D eigenvalue weighted by molar-refractivity contribution is -0.142. The van der Waals surface area contributed by atoms with Crippen molar-refractivity contribution in [2.45, 2.75) is 45.1 Å². The van der Waals surface area contributed by atoms with E-state index in [2.05, 4.69) is 17.1 Å². The van der Waals surface area contributed by atoms with Gasteiger partial charge >= 0.3 is 13.1 Å². The van der Waals surface area contributed by atoms with E-state index in [4.69, 9.17) is 21.6 Å². The lowest BCUT2D eigenvalue weighted by Gasteiger charge is -2.31. The Morgan fingerprint density at radius 3 is 2.85 bits per heavy atom. The van der Waals surface area contributed by atoms with Crippen molar-refractivity contribution in [2.75, 3.05) is 19.6 Å². The van der Waals surface area contributed by atoms with E-state index >= 15 is 0 Å². The van der Waals surface area contributed by atoms with Gasteiger partial charge in [-0.05, 0) is 60.8 Å². The topological polar surface area (TPSA) is 93.0 Å². The van der Waals surface area contributed by atoms with E-state index in [1.807, 2.05) is 12.1 Å². The molecule has 0 amide bonds. The average Bonchev–Trinajstić information content (AvgIpc) is 2.98. The Kier molecular flexibility index (Phi) is 6.81. The summed E-state index contributed by atoms with van der Waals surface area (Å²) in [6, 6.07) is 4.32. The Morgan fingerprint density at radius 2 is 2.15 bits per heavy atom. The highest BCUT2D eigenvalue weighted by Crippen LogP contribution is 2.30. The van der Waals surface area contributed by atoms with Crippen molar-refractivity contribution in [1.29, 1.82) is 0 Å². The molecule has 0 saturated carbocycles. The van der Waals surface area contributed by atoms with E-state index in [0.29, 0.717) is 31.7 Å². The predicted molar refractivity (Wildman–Crippen MR) is 106 cm³/mol. The third-order valence-electron chi connectivity index (χ3n) is 5.91. The standard InChI is InChI=1S/C19H28BClN2O4/c1-12-5-15(21)6-14-8-22-16(7-17(12)14)10-23-9-13(3-2-4-20(26)27)18(11-23)19(24)25/h5-6,13,16,18,22,26-27H,2-4,7-11H2,1H3,(H,24,25). The second-order valence-corrected chi connectivity index (χ2v) is 8.41. The van der Waals surface area contributed by atoms with Gasteiger partial charge in [0.15, 0.2) is 0 Å². The molecule has 1 aromatic rings. The summed E-state index contributed by atoms with van der Waals surface area (Å²) in [4.78, 5) is 13.9. The van der Waals surface area contributed by atoms with Crippen LogP contribution in [-0.4, -0.2) is 58.8 Å². The number of benzene rings is 1. The SMILES string of the molecule is Cc1cc(Cl)cc2c1CC(CN1CC(CCCB(O)O)C(C(=O)O)C1)NC2. The number of likely N-dealkylation sites (tertiary alicyclic amines) is 1. The highest BCUT2D eigenvalue weighted by Gasteiger charge is 2.38. The van der Waals surface area contributed by atoms with Gasteiger partial charge in [0.05, 0.1) is 5.92 Å². The molecule has 0 radical (unpaired) electrons. The first-order valence-corrected chi connectivity index (χ1v) is 10.0. The van der Waals surface area contributed by atoms with Crippen molar-refractivity contribution in [1.82, 2.24) is 10.2 Å². The Balaban J connectivity index is 1.58. The monoisotopic (exact) mass is 394 g/mol. The number of rotatable bonds is 7. The van der Waals surface area contributed by atoms with Gasteiger partial charge in [-0.25, -0.2) is 0 Å². The third kappa shape index (κ3) is 5.24. The fourth-order valence-corrected chi connectivity index (χ4v) is 4.85. The highest BCUT2D eigenvalue weighted by molar-refractivity contribution is 6.40. The molecular weight excluding hydrogens is 366 g/mol. The summed E-state index contributed by atoms with van der Waals surface area (Å²) in [7, 11) is -1.31. The van der Waals surface area contributed by atoms with E-state index in [9.17, 15) is 9.90 Å². The molecule has 0 bridgehead atoms. The van der Waals surface area contributed by atoms with Crippen LogP contribution in [0.4, 0.5) is 0 Å². The number of fused-ring (bicyclic) bond motifs is 1. The fraction of sp³-hybridized carbons (Fsp3) is 0.632. The largest absolute Gasteiger partial charge is 0.481 e. The zero-order valence-corrected chi connectivity index (χ0v) is 16.5. The van der Waals surface area contributed by atoms with Crippen molar-refractivity contribution in [3.05, 3.63) is 33.8 Å². The smallest absolute Gasteiger partial charge is 0.451 e. The molecular formula is C19H28BClN2O4. The lowest BCUT2D eigenvalue weighted by atomic mass is 9.80. The second-order valence-electron chi connectivity index (χ2n) is 7.98. The Hall–Kier alpha value is -1.12. The molecule has 1 saturated heterocycles. The van der Waals surface area contributed by atoms with Gasteiger partial charge in [-0.2, -0.15) is 0 Å². The molecule has 0 aromatic heterocycles. The van der Waals surface area contributed by atoms with Gasteiger partial charge in [0.2, 0.25) is 0 Å². The maximum absolute atomic E-state index is 11.6. The molecule has 3 rings (SSSR count). The number of carboxylic acid groups (broad SMARTS) is 1. The minimum absolute atomic E-state index is 0.0673. The number of aryl methyl sites for hydroxylation is 1. The summed E-state index contributed by atoms with van der Waals surface area (Å²) in [5.41, 5.74) is 3.82. The fourth-order valence-electron chi connectivity index (χ4n) is 4.55. The zero-order chi connectivity index (χ0) is 19.6. The van der Waals surface area contributed by atoms with E-state index < -0.39 is 13.1 Å². The van der Waals surface area contributed by atoms with Crippen LogP contribution in [-0.2, 0) is 17.8 Å². The molecule has 2 aliphatic rings. The van der Waals surface area contributed by atoms with Crippen molar-refractivity contribution >= 4 is 24.7 Å². The van der Waals surface area contributed by atoms with Gasteiger partial charge in [0.1, 0.15) is 0 Å². The molecule has 0 aliphatic carbocycles. The normalized spacial score (nSPS) is 25.4. The van der Waals surface area contributed by atoms with Crippen molar-refractivity contribution < 1.29 is 19.9 Å². The third-order valence-corrected chi connectivity index (χ3v) is 6.13. The predicted octanol–water partition coefficient (Wildman–Crippen LogP) is 1.55. The van der Waals surface area contributed by atoms with Crippen molar-refractivity contribution in [3.63, 3.8) is 0 Å². The average molecular weight is 395 g/mol. The number of hydrogen-bond donors (Lipinski definition) is 4. The van der Waals surface area contributed by atoms with Gasteiger partial charge in [-0.3, -0.25) is 4.79 Å². The summed E-state index contributed by atoms with van der Waals surface area (Å²) in [5, 5.41) is 31.9. The molecule has 148 valence electrons. The maximum Gasteiger partial charge on any atom is 0.451 e. The number of hydrogen-bond acceptors (Lipinski definition) is 5. The molecule has 0 spiro atoms. The maximum atomic E-state index is 11.6. The van der Waals surface area contributed by atoms with Crippen LogP contribution in [0.3, 0.4) is 0 Å². The number of carboxylic acids is 1. The molecule has 3 atom stereocenters. The summed E-state index contributed by atoms with van der Waals surface area (Å²) < 4.78 is 0. The van der Waals surface area contributed by atoms with Crippen LogP contribution in [0.25, 0.3) is 0 Å². The first-order chi connectivity index (χ1) is 12.8. The van der Waals surface area contributed by atoms with Crippen LogP contribution in [0.2, 0.25) is 11.3 Å². The van der Waals surface area contributed by atoms with Gasteiger partial charge in [0.25, 0.3) is 0 Å². The molecule has 8 heteroatoms. The number of aliphatic carboxylic acids is 1. The van der Waals surface area contributed by atoms with Gasteiger partial charge in [-0.15, -0.1) is 0 Å². The van der Waals surface area contributed by atoms with E-state index in [0.717, 1.165) is 31.1 Å². The van der Waals surface area contributed by atoms with Crippen LogP contribution in [0, 0.1) is 18.8 Å². The number of nitrogens with zero attached hydrogens (tertiary/aromatic N) is 1. The summed E-state index contributed by atoms with van der Waals surface area (Å²) in [6.07, 6.45) is 2.57. The first-order valence-electron chi connectivity index (χ1n) is 9.66. The molecule has 2 heterocycles.